The summed E-state index contributed by atoms with van der Waals surface area (Å²) in [5, 5.41) is 11.3. The molecule has 0 spiro atoms. The van der Waals surface area contributed by atoms with Crippen molar-refractivity contribution in [3.8, 4) is 5.75 Å². The number of ether oxygens (including phenoxy) is 1. The van der Waals surface area contributed by atoms with Crippen LogP contribution in [0.1, 0.15) is 23.7 Å². The van der Waals surface area contributed by atoms with E-state index in [1.807, 2.05) is 18.4 Å². The standard InChI is InChI=1S/C14H17N3O2S3/c1-4-7-21-14-17-16-13(22-14)15-12(18)10-6-5-9(20-3)8-11(10)19-2/h5-6,8H,4,7H2,1-3H3,(H,15,16,18). The summed E-state index contributed by atoms with van der Waals surface area (Å²) in [6.45, 7) is 2.11. The van der Waals surface area contributed by atoms with Gasteiger partial charge in [0.2, 0.25) is 5.13 Å². The quantitative estimate of drug-likeness (QED) is 0.598. The second-order valence-corrected chi connectivity index (χ2v) is 7.44. The minimum absolute atomic E-state index is 0.243. The molecule has 22 heavy (non-hydrogen) atoms. The average Bonchev–Trinajstić information content (AvgIpc) is 2.99. The highest BCUT2D eigenvalue weighted by atomic mass is 32.2. The lowest BCUT2D eigenvalue weighted by molar-refractivity contribution is 0.102. The summed E-state index contributed by atoms with van der Waals surface area (Å²) < 4.78 is 6.16. The van der Waals surface area contributed by atoms with Crippen molar-refractivity contribution in [3.63, 3.8) is 0 Å². The molecule has 1 N–H and O–H groups in total. The highest BCUT2D eigenvalue weighted by molar-refractivity contribution is 8.01. The van der Waals surface area contributed by atoms with Gasteiger partial charge >= 0.3 is 0 Å². The number of thioether (sulfide) groups is 2. The van der Waals surface area contributed by atoms with Crippen LogP contribution in [0.25, 0.3) is 0 Å². The van der Waals surface area contributed by atoms with E-state index >= 15 is 0 Å². The Labute approximate surface area is 142 Å². The molecule has 0 aliphatic carbocycles. The van der Waals surface area contributed by atoms with Gasteiger partial charge in [-0.15, -0.1) is 22.0 Å². The van der Waals surface area contributed by atoms with Gasteiger partial charge in [-0.3, -0.25) is 10.1 Å². The zero-order valence-corrected chi connectivity index (χ0v) is 15.0. The molecule has 8 heteroatoms. The summed E-state index contributed by atoms with van der Waals surface area (Å²) in [6.07, 6.45) is 3.05. The topological polar surface area (TPSA) is 64.1 Å². The minimum atomic E-state index is -0.243. The zero-order chi connectivity index (χ0) is 15.9. The second kappa shape index (κ2) is 8.40. The van der Waals surface area contributed by atoms with Crippen LogP contribution in [-0.2, 0) is 0 Å². The molecule has 1 aromatic carbocycles. The summed E-state index contributed by atoms with van der Waals surface area (Å²) >= 11 is 4.62. The number of aromatic nitrogens is 2. The van der Waals surface area contributed by atoms with E-state index in [4.69, 9.17) is 4.74 Å². The average molecular weight is 356 g/mol. The minimum Gasteiger partial charge on any atom is -0.496 e. The van der Waals surface area contributed by atoms with Crippen molar-refractivity contribution in [1.82, 2.24) is 10.2 Å². The third kappa shape index (κ3) is 4.37. The number of amides is 1. The maximum atomic E-state index is 12.4. The Balaban J connectivity index is 2.10. The van der Waals surface area contributed by atoms with Crippen LogP contribution < -0.4 is 10.1 Å². The summed E-state index contributed by atoms with van der Waals surface area (Å²) in [7, 11) is 1.56. The number of carbonyl (C=O) groups is 1. The normalized spacial score (nSPS) is 10.5. The molecule has 1 amide bonds. The Morgan fingerprint density at radius 2 is 2.23 bits per heavy atom. The van der Waals surface area contributed by atoms with Crippen molar-refractivity contribution in [2.45, 2.75) is 22.6 Å². The number of anilines is 1. The van der Waals surface area contributed by atoms with Gasteiger partial charge in [-0.1, -0.05) is 30.0 Å². The van der Waals surface area contributed by atoms with Crippen molar-refractivity contribution in [1.29, 1.82) is 0 Å². The zero-order valence-electron chi connectivity index (χ0n) is 12.6. The number of methoxy groups -OCH3 is 1. The Hall–Kier alpha value is -1.25. The summed E-state index contributed by atoms with van der Waals surface area (Å²) in [5.74, 6) is 1.30. The van der Waals surface area contributed by atoms with Crippen LogP contribution in [0.5, 0.6) is 5.75 Å². The Morgan fingerprint density at radius 3 is 2.91 bits per heavy atom. The van der Waals surface area contributed by atoms with E-state index in [9.17, 15) is 4.79 Å². The molecule has 0 saturated heterocycles. The van der Waals surface area contributed by atoms with E-state index in [0.29, 0.717) is 16.4 Å². The number of rotatable bonds is 7. The molecule has 0 saturated carbocycles. The smallest absolute Gasteiger partial charge is 0.261 e. The first-order valence-electron chi connectivity index (χ1n) is 6.67. The SMILES string of the molecule is CCCSc1nnc(NC(=O)c2ccc(SC)cc2OC)s1. The number of nitrogens with zero attached hydrogens (tertiary/aromatic N) is 2. The van der Waals surface area contributed by atoms with Crippen molar-refractivity contribution >= 4 is 45.9 Å². The Kier molecular flexibility index (Phi) is 6.53. The molecule has 0 aliphatic heterocycles. The fourth-order valence-corrected chi connectivity index (χ4v) is 3.76. The molecule has 1 heterocycles. The van der Waals surface area contributed by atoms with E-state index < -0.39 is 0 Å². The summed E-state index contributed by atoms with van der Waals surface area (Å²) in [6, 6.07) is 5.50. The third-order valence-corrected chi connectivity index (χ3v) is 5.61. The molecular formula is C14H17N3O2S3. The first kappa shape index (κ1) is 17.1. The van der Waals surface area contributed by atoms with Crippen molar-refractivity contribution in [2.24, 2.45) is 0 Å². The van der Waals surface area contributed by atoms with Gasteiger partial charge in [-0.05, 0) is 30.9 Å². The second-order valence-electron chi connectivity index (χ2n) is 4.24. The lowest BCUT2D eigenvalue weighted by atomic mass is 10.2. The van der Waals surface area contributed by atoms with Gasteiger partial charge in [-0.25, -0.2) is 0 Å². The summed E-state index contributed by atoms with van der Waals surface area (Å²) in [5.41, 5.74) is 0.485. The largest absolute Gasteiger partial charge is 0.496 e. The molecule has 0 fully saturated rings. The van der Waals surface area contributed by atoms with Gasteiger partial charge in [0.1, 0.15) is 5.75 Å². The fraction of sp³-hybridized carbons (Fsp3) is 0.357. The van der Waals surface area contributed by atoms with Crippen LogP contribution in [0.4, 0.5) is 5.13 Å². The first-order valence-corrected chi connectivity index (χ1v) is 9.70. The number of carbonyl (C=O) groups excluding carboxylic acids is 1. The van der Waals surface area contributed by atoms with Gasteiger partial charge in [0, 0.05) is 10.6 Å². The van der Waals surface area contributed by atoms with Gasteiger partial charge < -0.3 is 4.74 Å². The van der Waals surface area contributed by atoms with Crippen molar-refractivity contribution < 1.29 is 9.53 Å². The van der Waals surface area contributed by atoms with E-state index in [1.54, 1.807) is 36.7 Å². The number of hydrogen-bond acceptors (Lipinski definition) is 7. The van der Waals surface area contributed by atoms with Crippen LogP contribution >= 0.6 is 34.9 Å². The Bertz CT molecular complexity index is 646. The number of benzene rings is 1. The van der Waals surface area contributed by atoms with Crippen molar-refractivity contribution in [2.75, 3.05) is 24.4 Å². The van der Waals surface area contributed by atoms with Gasteiger partial charge in [0.25, 0.3) is 5.91 Å². The molecule has 5 nitrogen and oxygen atoms in total. The highest BCUT2D eigenvalue weighted by Crippen LogP contribution is 2.28. The third-order valence-electron chi connectivity index (χ3n) is 2.71. The molecule has 118 valence electrons. The molecule has 2 aromatic rings. The predicted molar refractivity (Wildman–Crippen MR) is 93.7 cm³/mol. The molecule has 0 radical (unpaired) electrons. The van der Waals surface area contributed by atoms with Crippen molar-refractivity contribution in [3.05, 3.63) is 23.8 Å². The van der Waals surface area contributed by atoms with Crippen LogP contribution in [0.15, 0.2) is 27.4 Å². The molecule has 1 aromatic heterocycles. The molecule has 0 bridgehead atoms. The molecule has 0 atom stereocenters. The number of hydrogen-bond donors (Lipinski definition) is 1. The molecule has 0 aliphatic rings. The maximum Gasteiger partial charge on any atom is 0.261 e. The number of nitrogens with one attached hydrogen (secondary N) is 1. The molecular weight excluding hydrogens is 338 g/mol. The predicted octanol–water partition coefficient (Wildman–Crippen LogP) is 4.02. The molecule has 0 unspecified atom stereocenters. The van der Waals surface area contributed by atoms with E-state index in [2.05, 4.69) is 22.4 Å². The summed E-state index contributed by atoms with van der Waals surface area (Å²) in [4.78, 5) is 13.4. The maximum absolute atomic E-state index is 12.4. The monoisotopic (exact) mass is 355 g/mol. The lowest BCUT2D eigenvalue weighted by Crippen LogP contribution is -2.13. The fourth-order valence-electron chi connectivity index (χ4n) is 1.66. The van der Waals surface area contributed by atoms with E-state index in [0.717, 1.165) is 21.4 Å². The van der Waals surface area contributed by atoms with Crippen LogP contribution in [-0.4, -0.2) is 35.2 Å². The van der Waals surface area contributed by atoms with E-state index in [1.165, 1.54) is 11.3 Å². The van der Waals surface area contributed by atoms with Gasteiger partial charge in [0.15, 0.2) is 4.34 Å². The highest BCUT2D eigenvalue weighted by Gasteiger charge is 2.15. The van der Waals surface area contributed by atoms with Gasteiger partial charge in [-0.2, -0.15) is 0 Å². The lowest BCUT2D eigenvalue weighted by Gasteiger charge is -2.09. The van der Waals surface area contributed by atoms with Crippen LogP contribution in [0.3, 0.4) is 0 Å². The van der Waals surface area contributed by atoms with Gasteiger partial charge in [0.05, 0.1) is 12.7 Å². The Morgan fingerprint density at radius 1 is 1.41 bits per heavy atom. The first-order chi connectivity index (χ1) is 10.7. The van der Waals surface area contributed by atoms with Crippen LogP contribution in [0, 0.1) is 0 Å². The van der Waals surface area contributed by atoms with E-state index in [-0.39, 0.29) is 5.91 Å². The van der Waals surface area contributed by atoms with Crippen LogP contribution in [0.2, 0.25) is 0 Å². The molecule has 2 rings (SSSR count).